The van der Waals surface area contributed by atoms with E-state index in [9.17, 15) is 14.3 Å². The maximum absolute atomic E-state index is 12.4. The van der Waals surface area contributed by atoms with Gasteiger partial charge in [0.1, 0.15) is 19.3 Å². The molecule has 0 rings (SSSR count). The van der Waals surface area contributed by atoms with Crippen LogP contribution in [0.2, 0.25) is 0 Å². The number of phosphoric ester groups is 1. The zero-order valence-electron chi connectivity index (χ0n) is 27.4. The number of allylic oxidation sites excluding steroid dienone is 6. The van der Waals surface area contributed by atoms with E-state index in [2.05, 4.69) is 50.3 Å². The first-order chi connectivity index (χ1) is 20.1. The molecule has 0 aromatic rings. The molecule has 0 bridgehead atoms. The minimum atomic E-state index is -4.51. The Kier molecular flexibility index (Phi) is 26.5. The molecule has 42 heavy (non-hydrogen) atoms. The van der Waals surface area contributed by atoms with Gasteiger partial charge >= 0.3 is 5.97 Å². The Morgan fingerprint density at radius 2 is 1.38 bits per heavy atom. The molecule has 0 heterocycles. The second-order valence-corrected chi connectivity index (χ2v) is 13.2. The van der Waals surface area contributed by atoms with Gasteiger partial charge in [-0.3, -0.25) is 9.36 Å². The summed E-state index contributed by atoms with van der Waals surface area (Å²) in [5.41, 5.74) is 0. The van der Waals surface area contributed by atoms with Crippen molar-refractivity contribution in [2.45, 2.75) is 116 Å². The average molecular weight is 616 g/mol. The van der Waals surface area contributed by atoms with Gasteiger partial charge in [-0.15, -0.1) is 0 Å². The molecule has 0 aromatic heterocycles. The molecule has 0 aromatic carbocycles. The van der Waals surface area contributed by atoms with Crippen LogP contribution >= 0.6 is 7.82 Å². The highest BCUT2D eigenvalue weighted by molar-refractivity contribution is 7.45. The van der Waals surface area contributed by atoms with Crippen LogP contribution in [0.25, 0.3) is 0 Å². The van der Waals surface area contributed by atoms with Crippen LogP contribution in [-0.2, 0) is 27.9 Å². The predicted molar refractivity (Wildman–Crippen MR) is 171 cm³/mol. The lowest BCUT2D eigenvalue weighted by Gasteiger charge is -2.28. The SMILES string of the molecule is CC/C=C\C/C=C\C/C=C\CCCCCCOCC(COP(=O)([O-])OCC[N+](C)(C)C)OC(=O)CCCCCCCC. The summed E-state index contributed by atoms with van der Waals surface area (Å²) in [6.45, 7) is 5.14. The molecular weight excluding hydrogens is 553 g/mol. The van der Waals surface area contributed by atoms with Gasteiger partial charge in [0.25, 0.3) is 7.82 Å². The van der Waals surface area contributed by atoms with Crippen LogP contribution < -0.4 is 4.89 Å². The Morgan fingerprint density at radius 3 is 2.07 bits per heavy atom. The Morgan fingerprint density at radius 1 is 0.762 bits per heavy atom. The van der Waals surface area contributed by atoms with Crippen LogP contribution in [0.3, 0.4) is 0 Å². The summed E-state index contributed by atoms with van der Waals surface area (Å²) in [5.74, 6) is -0.355. The normalized spacial score (nSPS) is 14.7. The number of ether oxygens (including phenoxy) is 2. The van der Waals surface area contributed by atoms with Gasteiger partial charge < -0.3 is 27.9 Å². The van der Waals surface area contributed by atoms with Crippen molar-refractivity contribution < 1.29 is 37.3 Å². The van der Waals surface area contributed by atoms with Crippen LogP contribution in [0, 0.1) is 0 Å². The summed E-state index contributed by atoms with van der Waals surface area (Å²) in [6.07, 6.45) is 27.5. The van der Waals surface area contributed by atoms with E-state index in [-0.39, 0.29) is 25.8 Å². The van der Waals surface area contributed by atoms with E-state index in [4.69, 9.17) is 18.5 Å². The monoisotopic (exact) mass is 615 g/mol. The number of likely N-dealkylation sites (N-methyl/N-ethyl adjacent to an activating group) is 1. The quantitative estimate of drug-likeness (QED) is 0.0280. The van der Waals surface area contributed by atoms with Crippen LogP contribution in [0.5, 0.6) is 0 Å². The Bertz CT molecular complexity index is 777. The Balaban J connectivity index is 4.34. The number of carbonyl (C=O) groups is 1. The average Bonchev–Trinajstić information content (AvgIpc) is 2.92. The summed E-state index contributed by atoms with van der Waals surface area (Å²) in [7, 11) is 1.33. The zero-order valence-corrected chi connectivity index (χ0v) is 28.3. The minimum absolute atomic E-state index is 0.0209. The summed E-state index contributed by atoms with van der Waals surface area (Å²) < 4.78 is 34.1. The molecule has 8 nitrogen and oxygen atoms in total. The van der Waals surface area contributed by atoms with Gasteiger partial charge in [-0.05, 0) is 44.9 Å². The number of quaternary nitrogens is 1. The van der Waals surface area contributed by atoms with Crippen molar-refractivity contribution in [3.63, 3.8) is 0 Å². The first-order valence-corrected chi connectivity index (χ1v) is 17.7. The van der Waals surface area contributed by atoms with E-state index >= 15 is 0 Å². The number of nitrogens with zero attached hydrogens (tertiary/aromatic N) is 1. The molecular formula is C33H62NO7P. The molecule has 0 spiro atoms. The third kappa shape index (κ3) is 30.2. The number of rotatable bonds is 29. The molecule has 0 aliphatic rings. The van der Waals surface area contributed by atoms with E-state index in [0.717, 1.165) is 70.6 Å². The summed E-state index contributed by atoms with van der Waals surface area (Å²) in [4.78, 5) is 24.6. The third-order valence-electron chi connectivity index (χ3n) is 6.46. The van der Waals surface area contributed by atoms with Crippen molar-refractivity contribution in [3.8, 4) is 0 Å². The van der Waals surface area contributed by atoms with E-state index in [0.29, 0.717) is 24.1 Å². The molecule has 0 amide bonds. The largest absolute Gasteiger partial charge is 0.756 e. The molecule has 246 valence electrons. The highest BCUT2D eigenvalue weighted by Crippen LogP contribution is 2.38. The van der Waals surface area contributed by atoms with Gasteiger partial charge in [-0.1, -0.05) is 95.2 Å². The molecule has 0 saturated heterocycles. The molecule has 9 heteroatoms. The smallest absolute Gasteiger partial charge is 0.306 e. The topological polar surface area (TPSA) is 94.1 Å². The first kappa shape index (κ1) is 40.7. The maximum atomic E-state index is 12.4. The van der Waals surface area contributed by atoms with Crippen LogP contribution in [0.4, 0.5) is 0 Å². The number of unbranched alkanes of at least 4 members (excludes halogenated alkanes) is 9. The van der Waals surface area contributed by atoms with E-state index < -0.39 is 13.9 Å². The van der Waals surface area contributed by atoms with Crippen molar-refractivity contribution in [1.82, 2.24) is 0 Å². The van der Waals surface area contributed by atoms with Gasteiger partial charge in [0, 0.05) is 13.0 Å². The molecule has 0 aliphatic carbocycles. The lowest BCUT2D eigenvalue weighted by atomic mass is 10.1. The third-order valence-corrected chi connectivity index (χ3v) is 7.42. The number of hydrogen-bond donors (Lipinski definition) is 0. The predicted octanol–water partition coefficient (Wildman–Crippen LogP) is 7.68. The van der Waals surface area contributed by atoms with Crippen molar-refractivity contribution in [1.29, 1.82) is 0 Å². The number of carbonyl (C=O) groups excluding carboxylic acids is 1. The minimum Gasteiger partial charge on any atom is -0.756 e. The number of hydrogen-bond acceptors (Lipinski definition) is 7. The number of phosphoric acid groups is 1. The Hall–Kier alpha value is -1.28. The van der Waals surface area contributed by atoms with Crippen LogP contribution in [0.15, 0.2) is 36.5 Å². The van der Waals surface area contributed by atoms with Gasteiger partial charge in [0.05, 0.1) is 34.4 Å². The molecule has 0 saturated carbocycles. The summed E-state index contributed by atoms with van der Waals surface area (Å²) in [5, 5.41) is 0. The fourth-order valence-corrected chi connectivity index (χ4v) is 4.64. The summed E-state index contributed by atoms with van der Waals surface area (Å²) >= 11 is 0. The van der Waals surface area contributed by atoms with Crippen LogP contribution in [-0.4, -0.2) is 70.7 Å². The lowest BCUT2D eigenvalue weighted by Crippen LogP contribution is -2.37. The van der Waals surface area contributed by atoms with Crippen molar-refractivity contribution in [2.24, 2.45) is 0 Å². The number of esters is 1. The molecule has 0 N–H and O–H groups in total. The highest BCUT2D eigenvalue weighted by Gasteiger charge is 2.20. The zero-order chi connectivity index (χ0) is 31.4. The second kappa shape index (κ2) is 27.3. The first-order valence-electron chi connectivity index (χ1n) is 16.2. The van der Waals surface area contributed by atoms with E-state index in [1.807, 2.05) is 21.1 Å². The second-order valence-electron chi connectivity index (χ2n) is 11.8. The lowest BCUT2D eigenvalue weighted by molar-refractivity contribution is -0.870. The van der Waals surface area contributed by atoms with Gasteiger partial charge in [0.2, 0.25) is 0 Å². The molecule has 0 aliphatic heterocycles. The maximum Gasteiger partial charge on any atom is 0.306 e. The molecule has 2 atom stereocenters. The standard InChI is InChI=1S/C33H62NO7P/c1-6-8-10-12-14-15-16-17-18-19-20-21-23-25-28-38-30-32(41-33(35)26-24-22-13-11-9-7-2)31-40-42(36,37)39-29-27-34(3,4)5/h8,10,14-15,17-18,32H,6-7,9,11-13,16,19-31H2,1-5H3/b10-8-,15-14-,18-17-. The molecule has 0 radical (unpaired) electrons. The fourth-order valence-electron chi connectivity index (χ4n) is 3.91. The Labute approximate surface area is 257 Å². The van der Waals surface area contributed by atoms with Crippen molar-refractivity contribution in [3.05, 3.63) is 36.5 Å². The van der Waals surface area contributed by atoms with Gasteiger partial charge in [-0.25, -0.2) is 0 Å². The molecule has 0 fully saturated rings. The molecule has 2 unspecified atom stereocenters. The van der Waals surface area contributed by atoms with E-state index in [1.54, 1.807) is 0 Å². The van der Waals surface area contributed by atoms with E-state index in [1.165, 1.54) is 19.3 Å². The summed E-state index contributed by atoms with van der Waals surface area (Å²) in [6, 6.07) is 0. The highest BCUT2D eigenvalue weighted by atomic mass is 31.2. The van der Waals surface area contributed by atoms with Crippen molar-refractivity contribution in [2.75, 3.05) is 54.1 Å². The van der Waals surface area contributed by atoms with Gasteiger partial charge in [-0.2, -0.15) is 0 Å². The van der Waals surface area contributed by atoms with Gasteiger partial charge in [0.15, 0.2) is 0 Å². The van der Waals surface area contributed by atoms with Crippen LogP contribution in [0.1, 0.15) is 110 Å². The van der Waals surface area contributed by atoms with Crippen molar-refractivity contribution >= 4 is 13.8 Å². The fraction of sp³-hybridized carbons (Fsp3) is 0.788.